The highest BCUT2D eigenvalue weighted by atomic mass is 16.2. The van der Waals surface area contributed by atoms with Crippen LogP contribution in [0.2, 0.25) is 0 Å². The number of hydrogen-bond acceptors (Lipinski definition) is 2. The number of hydrogen-bond donors (Lipinski definition) is 0. The molecule has 82 valence electrons. The zero-order chi connectivity index (χ0) is 12.0. The summed E-state index contributed by atoms with van der Waals surface area (Å²) in [7, 11) is 0. The number of rotatable bonds is 2. The first-order valence-electron chi connectivity index (χ1n) is 4.93. The number of imide groups is 1. The van der Waals surface area contributed by atoms with Crippen LogP contribution in [0, 0.1) is 0 Å². The molecular formula is C12H17NO2. The molecule has 0 spiro atoms. The van der Waals surface area contributed by atoms with Crippen LogP contribution < -0.4 is 0 Å². The molecule has 0 aliphatic carbocycles. The largest absolute Gasteiger partial charge is 0.274 e. The third kappa shape index (κ3) is 2.65. The Bertz CT molecular complexity index is 327. The molecule has 0 aromatic carbocycles. The van der Waals surface area contributed by atoms with E-state index in [4.69, 9.17) is 0 Å². The number of nitrogens with zero attached hydrogens (tertiary/aromatic N) is 1. The second-order valence-electron chi connectivity index (χ2n) is 2.74. The Labute approximate surface area is 90.8 Å². The van der Waals surface area contributed by atoms with Gasteiger partial charge in [0.05, 0.1) is 12.1 Å². The zero-order valence-electron chi connectivity index (χ0n) is 9.54. The molecule has 0 atom stereocenters. The van der Waals surface area contributed by atoms with Gasteiger partial charge in [0.25, 0.3) is 0 Å². The molecular weight excluding hydrogens is 190 g/mol. The molecule has 1 rings (SSSR count). The summed E-state index contributed by atoms with van der Waals surface area (Å²) in [6.45, 7) is 12.5. The Hall–Kier alpha value is -1.64. The first kappa shape index (κ1) is 13.4. The molecule has 0 aromatic heterocycles. The van der Waals surface area contributed by atoms with Crippen LogP contribution >= 0.6 is 0 Å². The second-order valence-corrected chi connectivity index (χ2v) is 2.74. The third-order valence-corrected chi connectivity index (χ3v) is 1.92. The molecule has 15 heavy (non-hydrogen) atoms. The first-order valence-corrected chi connectivity index (χ1v) is 4.93. The van der Waals surface area contributed by atoms with E-state index in [0.29, 0.717) is 5.70 Å². The van der Waals surface area contributed by atoms with Gasteiger partial charge in [0, 0.05) is 6.92 Å². The van der Waals surface area contributed by atoms with Crippen LogP contribution in [0.25, 0.3) is 0 Å². The average Bonchev–Trinajstić information content (AvgIpc) is 2.57. The van der Waals surface area contributed by atoms with Crippen LogP contribution in [0.5, 0.6) is 0 Å². The topological polar surface area (TPSA) is 37.4 Å². The maximum atomic E-state index is 11.3. The number of carbonyl (C=O) groups excluding carboxylic acids is 2. The molecule has 3 nitrogen and oxygen atoms in total. The molecule has 1 aliphatic heterocycles. The van der Waals surface area contributed by atoms with Crippen molar-refractivity contribution in [1.82, 2.24) is 4.90 Å². The van der Waals surface area contributed by atoms with E-state index in [1.807, 2.05) is 13.8 Å². The molecule has 1 aliphatic rings. The number of carbonyl (C=O) groups is 2. The van der Waals surface area contributed by atoms with E-state index in [1.54, 1.807) is 6.08 Å². The average molecular weight is 207 g/mol. The fourth-order valence-electron chi connectivity index (χ4n) is 1.35. The van der Waals surface area contributed by atoms with Gasteiger partial charge in [-0.15, -0.1) is 0 Å². The normalized spacial score (nSPS) is 14.6. The standard InChI is InChI=1S/C10H11NO2.C2H6/c1-4-8-6-10(13)11(7(3)12)9(8)5-2;1-2/h4-5H,1-2,6H2,3H3;1-2H3. The van der Waals surface area contributed by atoms with Crippen molar-refractivity contribution in [2.75, 3.05) is 0 Å². The Morgan fingerprint density at radius 2 is 1.87 bits per heavy atom. The predicted octanol–water partition coefficient (Wildman–Crippen LogP) is 2.42. The highest BCUT2D eigenvalue weighted by molar-refractivity contribution is 6.00. The molecule has 1 heterocycles. The molecule has 2 amide bonds. The summed E-state index contributed by atoms with van der Waals surface area (Å²) in [4.78, 5) is 23.5. The fourth-order valence-corrected chi connectivity index (χ4v) is 1.35. The van der Waals surface area contributed by atoms with Gasteiger partial charge in [-0.2, -0.15) is 0 Å². The molecule has 0 aromatic rings. The summed E-state index contributed by atoms with van der Waals surface area (Å²) in [5.41, 5.74) is 1.32. The fraction of sp³-hybridized carbons (Fsp3) is 0.333. The van der Waals surface area contributed by atoms with E-state index in [0.717, 1.165) is 10.5 Å². The Morgan fingerprint density at radius 1 is 1.33 bits per heavy atom. The smallest absolute Gasteiger partial charge is 0.238 e. The van der Waals surface area contributed by atoms with E-state index in [2.05, 4.69) is 13.2 Å². The van der Waals surface area contributed by atoms with Crippen LogP contribution in [-0.2, 0) is 9.59 Å². The summed E-state index contributed by atoms with van der Waals surface area (Å²) in [6, 6.07) is 0. The van der Waals surface area contributed by atoms with Gasteiger partial charge >= 0.3 is 0 Å². The van der Waals surface area contributed by atoms with Gasteiger partial charge in [-0.05, 0) is 11.6 Å². The molecule has 0 unspecified atom stereocenters. The van der Waals surface area contributed by atoms with Gasteiger partial charge < -0.3 is 0 Å². The first-order chi connectivity index (χ1) is 7.11. The lowest BCUT2D eigenvalue weighted by molar-refractivity contribution is -0.139. The minimum atomic E-state index is -0.281. The van der Waals surface area contributed by atoms with Crippen molar-refractivity contribution in [3.8, 4) is 0 Å². The summed E-state index contributed by atoms with van der Waals surface area (Å²) in [6.07, 6.45) is 3.32. The summed E-state index contributed by atoms with van der Waals surface area (Å²) in [5.74, 6) is -0.492. The van der Waals surface area contributed by atoms with Crippen molar-refractivity contribution in [3.05, 3.63) is 36.6 Å². The highest BCUT2D eigenvalue weighted by Crippen LogP contribution is 2.25. The van der Waals surface area contributed by atoms with Gasteiger partial charge in [0.15, 0.2) is 0 Å². The minimum Gasteiger partial charge on any atom is -0.274 e. The van der Waals surface area contributed by atoms with Gasteiger partial charge in [-0.25, -0.2) is 0 Å². The SMILES string of the molecule is C=CC1=C(C=C)N(C(C)=O)C(=O)C1.CC. The van der Waals surface area contributed by atoms with Crippen molar-refractivity contribution in [1.29, 1.82) is 0 Å². The highest BCUT2D eigenvalue weighted by Gasteiger charge is 2.29. The van der Waals surface area contributed by atoms with Crippen molar-refractivity contribution in [3.63, 3.8) is 0 Å². The van der Waals surface area contributed by atoms with Crippen LogP contribution in [0.15, 0.2) is 36.6 Å². The maximum Gasteiger partial charge on any atom is 0.238 e. The van der Waals surface area contributed by atoms with Gasteiger partial charge in [-0.1, -0.05) is 33.1 Å². The zero-order valence-corrected chi connectivity index (χ0v) is 9.54. The maximum absolute atomic E-state index is 11.3. The van der Waals surface area contributed by atoms with Crippen molar-refractivity contribution in [2.24, 2.45) is 0 Å². The third-order valence-electron chi connectivity index (χ3n) is 1.92. The van der Waals surface area contributed by atoms with Gasteiger partial charge in [0.1, 0.15) is 0 Å². The van der Waals surface area contributed by atoms with E-state index >= 15 is 0 Å². The molecule has 0 fully saturated rings. The van der Waals surface area contributed by atoms with Crippen molar-refractivity contribution < 1.29 is 9.59 Å². The number of amides is 2. The Morgan fingerprint density at radius 3 is 2.20 bits per heavy atom. The van der Waals surface area contributed by atoms with Crippen LogP contribution in [0.3, 0.4) is 0 Å². The molecule has 3 heteroatoms. The van der Waals surface area contributed by atoms with E-state index in [-0.39, 0.29) is 18.2 Å². The Balaban J connectivity index is 0.000000921. The van der Waals surface area contributed by atoms with Crippen LogP contribution in [0.1, 0.15) is 27.2 Å². The van der Waals surface area contributed by atoms with Crippen LogP contribution in [0.4, 0.5) is 0 Å². The molecule has 0 saturated heterocycles. The second kappa shape index (κ2) is 5.96. The molecule has 0 bridgehead atoms. The summed E-state index contributed by atoms with van der Waals surface area (Å²) in [5, 5.41) is 0. The Kier molecular flexibility index (Phi) is 5.31. The van der Waals surface area contributed by atoms with E-state index in [9.17, 15) is 9.59 Å². The molecule has 0 N–H and O–H groups in total. The van der Waals surface area contributed by atoms with Gasteiger partial charge in [-0.3, -0.25) is 14.5 Å². The van der Waals surface area contributed by atoms with Crippen molar-refractivity contribution >= 4 is 11.8 Å². The van der Waals surface area contributed by atoms with Crippen molar-refractivity contribution in [2.45, 2.75) is 27.2 Å². The quantitative estimate of drug-likeness (QED) is 0.697. The molecule has 0 radical (unpaired) electrons. The lowest BCUT2D eigenvalue weighted by Crippen LogP contribution is -2.29. The van der Waals surface area contributed by atoms with Gasteiger partial charge in [0.2, 0.25) is 11.8 Å². The lowest BCUT2D eigenvalue weighted by atomic mass is 10.2. The van der Waals surface area contributed by atoms with E-state index < -0.39 is 0 Å². The molecule has 0 saturated carbocycles. The van der Waals surface area contributed by atoms with Crippen LogP contribution in [-0.4, -0.2) is 16.7 Å². The summed E-state index contributed by atoms with van der Waals surface area (Å²) < 4.78 is 0. The summed E-state index contributed by atoms with van der Waals surface area (Å²) >= 11 is 0. The predicted molar refractivity (Wildman–Crippen MR) is 60.9 cm³/mol. The lowest BCUT2D eigenvalue weighted by Gasteiger charge is -2.12. The minimum absolute atomic E-state index is 0.211. The number of allylic oxidation sites excluding steroid dienone is 2. The monoisotopic (exact) mass is 207 g/mol. The van der Waals surface area contributed by atoms with E-state index in [1.165, 1.54) is 13.0 Å².